The Balaban J connectivity index is 2.19. The molecule has 1 heterocycles. The highest BCUT2D eigenvalue weighted by atomic mass is 35.5. The molecule has 4 heteroatoms. The van der Waals surface area contributed by atoms with E-state index in [1.165, 1.54) is 23.3 Å². The molecular formula is C15H23ClN2S. The lowest BCUT2D eigenvalue weighted by Gasteiger charge is -2.38. The summed E-state index contributed by atoms with van der Waals surface area (Å²) in [6.07, 6.45) is 1.23. The molecule has 2 nitrogen and oxygen atoms in total. The predicted octanol–water partition coefficient (Wildman–Crippen LogP) is 3.48. The number of halogens is 1. The summed E-state index contributed by atoms with van der Waals surface area (Å²) in [7, 11) is 0. The molecule has 1 saturated heterocycles. The first-order chi connectivity index (χ1) is 9.15. The Hall–Kier alpha value is -0.220. The van der Waals surface area contributed by atoms with Crippen LogP contribution in [0.25, 0.3) is 0 Å². The van der Waals surface area contributed by atoms with Crippen molar-refractivity contribution in [1.29, 1.82) is 0 Å². The second-order valence-electron chi connectivity index (χ2n) is 5.15. The van der Waals surface area contributed by atoms with Crippen molar-refractivity contribution in [2.75, 3.05) is 25.4 Å². The Morgan fingerprint density at radius 3 is 2.95 bits per heavy atom. The molecular weight excluding hydrogens is 276 g/mol. The fourth-order valence-corrected chi connectivity index (χ4v) is 4.19. The monoisotopic (exact) mass is 298 g/mol. The number of rotatable bonds is 4. The van der Waals surface area contributed by atoms with Crippen LogP contribution in [0.4, 0.5) is 0 Å². The molecule has 2 rings (SSSR count). The fraction of sp³-hybridized carbons (Fsp3) is 0.600. The molecule has 1 aliphatic heterocycles. The van der Waals surface area contributed by atoms with E-state index in [4.69, 9.17) is 17.3 Å². The van der Waals surface area contributed by atoms with Crippen molar-refractivity contribution in [2.45, 2.75) is 31.6 Å². The molecule has 2 unspecified atom stereocenters. The molecule has 1 aliphatic rings. The summed E-state index contributed by atoms with van der Waals surface area (Å²) in [6.45, 7) is 7.34. The van der Waals surface area contributed by atoms with E-state index in [0.717, 1.165) is 23.4 Å². The Bertz CT molecular complexity index is 425. The van der Waals surface area contributed by atoms with Gasteiger partial charge in [-0.3, -0.25) is 4.90 Å². The van der Waals surface area contributed by atoms with Crippen LogP contribution in [0.15, 0.2) is 18.2 Å². The van der Waals surface area contributed by atoms with Gasteiger partial charge in [-0.2, -0.15) is 11.8 Å². The summed E-state index contributed by atoms with van der Waals surface area (Å²) in [5, 5.41) is 1.55. The van der Waals surface area contributed by atoms with E-state index in [0.29, 0.717) is 12.6 Å². The van der Waals surface area contributed by atoms with Crippen LogP contribution in [0.5, 0.6) is 0 Å². The van der Waals surface area contributed by atoms with Crippen LogP contribution >= 0.6 is 23.4 Å². The first kappa shape index (κ1) is 15.2. The van der Waals surface area contributed by atoms with Gasteiger partial charge in [0.1, 0.15) is 0 Å². The Labute approximate surface area is 125 Å². The van der Waals surface area contributed by atoms with Gasteiger partial charge >= 0.3 is 0 Å². The Kier molecular flexibility index (Phi) is 5.58. The maximum Gasteiger partial charge on any atom is 0.0473 e. The molecule has 0 amide bonds. The number of hydrogen-bond acceptors (Lipinski definition) is 3. The van der Waals surface area contributed by atoms with E-state index in [2.05, 4.69) is 36.6 Å². The maximum atomic E-state index is 6.05. The van der Waals surface area contributed by atoms with E-state index in [9.17, 15) is 0 Å². The number of nitrogens with two attached hydrogens (primary N) is 1. The lowest BCUT2D eigenvalue weighted by atomic mass is 9.99. The largest absolute Gasteiger partial charge is 0.329 e. The van der Waals surface area contributed by atoms with Crippen LogP contribution in [-0.2, 0) is 0 Å². The van der Waals surface area contributed by atoms with Crippen molar-refractivity contribution in [3.05, 3.63) is 34.3 Å². The van der Waals surface area contributed by atoms with Crippen molar-refractivity contribution in [3.63, 3.8) is 0 Å². The number of thioether (sulfide) groups is 1. The predicted molar refractivity (Wildman–Crippen MR) is 86.1 cm³/mol. The average molecular weight is 299 g/mol. The van der Waals surface area contributed by atoms with Gasteiger partial charge in [0, 0.05) is 41.7 Å². The summed E-state index contributed by atoms with van der Waals surface area (Å²) in [5.74, 6) is 1.21. The lowest BCUT2D eigenvalue weighted by Crippen LogP contribution is -2.42. The number of aryl methyl sites for hydroxylation is 1. The minimum atomic E-state index is 0.326. The van der Waals surface area contributed by atoms with Crippen molar-refractivity contribution in [3.8, 4) is 0 Å². The average Bonchev–Trinajstić information content (AvgIpc) is 2.42. The van der Waals surface area contributed by atoms with E-state index < -0.39 is 0 Å². The third-order valence-corrected chi connectivity index (χ3v) is 5.49. The van der Waals surface area contributed by atoms with Gasteiger partial charge in [-0.1, -0.05) is 24.6 Å². The first-order valence-corrected chi connectivity index (χ1v) is 8.40. The highest BCUT2D eigenvalue weighted by Gasteiger charge is 2.26. The molecule has 2 atom stereocenters. The molecule has 0 spiro atoms. The van der Waals surface area contributed by atoms with Crippen molar-refractivity contribution >= 4 is 23.4 Å². The molecule has 0 saturated carbocycles. The molecule has 1 aromatic carbocycles. The molecule has 1 aromatic rings. The standard InChI is InChI=1S/C15H23ClN2S/c1-3-13-10-18(6-7-19-13)15(9-17)14-5-4-12(16)8-11(14)2/h4-5,8,13,15H,3,6-7,9-10,17H2,1-2H3. The zero-order valence-corrected chi connectivity index (χ0v) is 13.3. The second-order valence-corrected chi connectivity index (χ2v) is 6.99. The first-order valence-electron chi connectivity index (χ1n) is 6.97. The van der Waals surface area contributed by atoms with Gasteiger partial charge < -0.3 is 5.73 Å². The van der Waals surface area contributed by atoms with Gasteiger partial charge in [0.05, 0.1) is 0 Å². The van der Waals surface area contributed by atoms with Crippen LogP contribution < -0.4 is 5.73 Å². The highest BCUT2D eigenvalue weighted by molar-refractivity contribution is 8.00. The van der Waals surface area contributed by atoms with Crippen LogP contribution in [0.2, 0.25) is 5.02 Å². The zero-order chi connectivity index (χ0) is 13.8. The minimum Gasteiger partial charge on any atom is -0.329 e. The zero-order valence-electron chi connectivity index (χ0n) is 11.7. The normalized spacial score (nSPS) is 22.4. The van der Waals surface area contributed by atoms with Crippen LogP contribution in [0.3, 0.4) is 0 Å². The molecule has 106 valence electrons. The van der Waals surface area contributed by atoms with Gasteiger partial charge in [-0.15, -0.1) is 0 Å². The number of nitrogens with zero attached hydrogens (tertiary/aromatic N) is 1. The van der Waals surface area contributed by atoms with Crippen LogP contribution in [0.1, 0.15) is 30.5 Å². The van der Waals surface area contributed by atoms with E-state index >= 15 is 0 Å². The summed E-state index contributed by atoms with van der Waals surface area (Å²) in [6, 6.07) is 6.47. The summed E-state index contributed by atoms with van der Waals surface area (Å²) >= 11 is 8.14. The van der Waals surface area contributed by atoms with E-state index in [1.807, 2.05) is 12.1 Å². The SMILES string of the molecule is CCC1CN(C(CN)c2ccc(Cl)cc2C)CCS1. The smallest absolute Gasteiger partial charge is 0.0473 e. The molecule has 19 heavy (non-hydrogen) atoms. The van der Waals surface area contributed by atoms with Gasteiger partial charge in [0.15, 0.2) is 0 Å². The quantitative estimate of drug-likeness (QED) is 0.923. The molecule has 2 N–H and O–H groups in total. The van der Waals surface area contributed by atoms with Gasteiger partial charge in [0.2, 0.25) is 0 Å². The van der Waals surface area contributed by atoms with Gasteiger partial charge in [-0.05, 0) is 36.6 Å². The molecule has 0 aliphatic carbocycles. The Morgan fingerprint density at radius 2 is 2.32 bits per heavy atom. The minimum absolute atomic E-state index is 0.326. The summed E-state index contributed by atoms with van der Waals surface area (Å²) in [4.78, 5) is 2.54. The number of benzene rings is 1. The van der Waals surface area contributed by atoms with Crippen LogP contribution in [-0.4, -0.2) is 35.5 Å². The molecule has 0 aromatic heterocycles. The van der Waals surface area contributed by atoms with Gasteiger partial charge in [0.25, 0.3) is 0 Å². The molecule has 0 radical (unpaired) electrons. The Morgan fingerprint density at radius 1 is 1.53 bits per heavy atom. The maximum absolute atomic E-state index is 6.05. The fourth-order valence-electron chi connectivity index (χ4n) is 2.76. The third kappa shape index (κ3) is 3.66. The van der Waals surface area contributed by atoms with Crippen LogP contribution in [0, 0.1) is 6.92 Å². The van der Waals surface area contributed by atoms with Crippen molar-refractivity contribution < 1.29 is 0 Å². The van der Waals surface area contributed by atoms with Crippen molar-refractivity contribution in [2.24, 2.45) is 5.73 Å². The van der Waals surface area contributed by atoms with Crippen molar-refractivity contribution in [1.82, 2.24) is 4.90 Å². The topological polar surface area (TPSA) is 29.3 Å². The lowest BCUT2D eigenvalue weighted by molar-refractivity contribution is 0.207. The van der Waals surface area contributed by atoms with E-state index in [1.54, 1.807) is 0 Å². The molecule has 0 bridgehead atoms. The highest BCUT2D eigenvalue weighted by Crippen LogP contribution is 2.30. The third-order valence-electron chi connectivity index (χ3n) is 3.88. The summed E-state index contributed by atoms with van der Waals surface area (Å²) < 4.78 is 0. The summed E-state index contributed by atoms with van der Waals surface area (Å²) in [5.41, 5.74) is 8.62. The molecule has 1 fully saturated rings. The second kappa shape index (κ2) is 6.98. The van der Waals surface area contributed by atoms with E-state index in [-0.39, 0.29) is 0 Å². The van der Waals surface area contributed by atoms with Gasteiger partial charge in [-0.25, -0.2) is 0 Å². The number of hydrogen-bond donors (Lipinski definition) is 1.